The Morgan fingerprint density at radius 1 is 1.47 bits per heavy atom. The molecule has 0 aliphatic carbocycles. The fourth-order valence-corrected chi connectivity index (χ4v) is 1.62. The van der Waals surface area contributed by atoms with E-state index in [1.807, 2.05) is 0 Å². The maximum Gasteiger partial charge on any atom is 0.215 e. The molecule has 0 saturated carbocycles. The molecular weight excluding hydrogens is 192 g/mol. The Hall–Kier alpha value is -1.29. The molecule has 1 aliphatic heterocycles. The molecule has 2 rings (SSSR count). The van der Waals surface area contributed by atoms with Crippen molar-refractivity contribution in [2.45, 2.75) is 12.8 Å². The number of aromatic nitrogens is 1. The lowest BCUT2D eigenvalue weighted by molar-refractivity contribution is 0.0490. The Labute approximate surface area is 89.4 Å². The molecule has 0 radical (unpaired) electrons. The van der Waals surface area contributed by atoms with Gasteiger partial charge in [-0.1, -0.05) is 0 Å². The highest BCUT2D eigenvalue weighted by atomic mass is 16.5. The Bertz CT molecular complexity index is 311. The molecule has 0 aromatic carbocycles. The van der Waals surface area contributed by atoms with Crippen molar-refractivity contribution in [2.24, 2.45) is 5.92 Å². The fraction of sp³-hybridized carbons (Fsp3) is 0.545. The van der Waals surface area contributed by atoms with Gasteiger partial charge in [0.05, 0.1) is 6.61 Å². The summed E-state index contributed by atoms with van der Waals surface area (Å²) in [5.74, 6) is 1.20. The number of nitrogens with zero attached hydrogens (tertiary/aromatic N) is 1. The van der Waals surface area contributed by atoms with Crippen LogP contribution in [0.2, 0.25) is 0 Å². The number of hydrogen-bond acceptors (Lipinski definition) is 4. The van der Waals surface area contributed by atoms with Gasteiger partial charge in [0.25, 0.3) is 0 Å². The lowest BCUT2D eigenvalue weighted by Gasteiger charge is -2.21. The minimum Gasteiger partial charge on any atom is -0.477 e. The van der Waals surface area contributed by atoms with Crippen molar-refractivity contribution in [3.05, 3.63) is 18.3 Å². The van der Waals surface area contributed by atoms with Gasteiger partial charge in [-0.15, -0.1) is 0 Å². The minimum absolute atomic E-state index is 0.585. The van der Waals surface area contributed by atoms with Gasteiger partial charge in [0, 0.05) is 31.2 Å². The van der Waals surface area contributed by atoms with Gasteiger partial charge in [-0.3, -0.25) is 0 Å². The molecule has 0 amide bonds. The maximum atomic E-state index is 5.63. The zero-order valence-electron chi connectivity index (χ0n) is 8.69. The van der Waals surface area contributed by atoms with Crippen LogP contribution < -0.4 is 10.5 Å². The molecule has 1 fully saturated rings. The second-order valence-corrected chi connectivity index (χ2v) is 3.79. The largest absolute Gasteiger partial charge is 0.477 e. The fourth-order valence-electron chi connectivity index (χ4n) is 1.62. The molecule has 2 heterocycles. The number of hydrogen-bond donors (Lipinski definition) is 1. The van der Waals surface area contributed by atoms with Crippen LogP contribution in [0, 0.1) is 5.92 Å². The van der Waals surface area contributed by atoms with Crippen molar-refractivity contribution < 1.29 is 9.47 Å². The summed E-state index contributed by atoms with van der Waals surface area (Å²) in [7, 11) is 0. The molecule has 4 heteroatoms. The van der Waals surface area contributed by atoms with Gasteiger partial charge < -0.3 is 15.2 Å². The highest BCUT2D eigenvalue weighted by Crippen LogP contribution is 2.17. The van der Waals surface area contributed by atoms with Gasteiger partial charge in [-0.05, 0) is 24.8 Å². The minimum atomic E-state index is 0.585. The predicted molar refractivity (Wildman–Crippen MR) is 57.7 cm³/mol. The normalized spacial score (nSPS) is 17.6. The number of rotatable bonds is 3. The quantitative estimate of drug-likeness (QED) is 0.817. The Morgan fingerprint density at radius 2 is 2.27 bits per heavy atom. The molecule has 0 spiro atoms. The summed E-state index contributed by atoms with van der Waals surface area (Å²) in [6, 6.07) is 3.50. The second kappa shape index (κ2) is 4.98. The van der Waals surface area contributed by atoms with Crippen LogP contribution in [0.4, 0.5) is 5.69 Å². The summed E-state index contributed by atoms with van der Waals surface area (Å²) >= 11 is 0. The third kappa shape index (κ3) is 3.09. The first-order chi connectivity index (χ1) is 7.34. The van der Waals surface area contributed by atoms with E-state index in [1.165, 1.54) is 0 Å². The van der Waals surface area contributed by atoms with Crippen LogP contribution in [-0.4, -0.2) is 24.8 Å². The third-order valence-electron chi connectivity index (χ3n) is 2.57. The van der Waals surface area contributed by atoms with Crippen molar-refractivity contribution in [2.75, 3.05) is 25.6 Å². The van der Waals surface area contributed by atoms with E-state index in [9.17, 15) is 0 Å². The Morgan fingerprint density at radius 3 is 3.00 bits per heavy atom. The average Bonchev–Trinajstić information content (AvgIpc) is 2.28. The summed E-state index contributed by atoms with van der Waals surface area (Å²) < 4.78 is 10.9. The van der Waals surface area contributed by atoms with E-state index in [2.05, 4.69) is 4.98 Å². The molecule has 1 saturated heterocycles. The van der Waals surface area contributed by atoms with E-state index in [0.717, 1.165) is 26.1 Å². The zero-order valence-corrected chi connectivity index (χ0v) is 8.69. The van der Waals surface area contributed by atoms with Gasteiger partial charge in [0.1, 0.15) is 0 Å². The van der Waals surface area contributed by atoms with Crippen LogP contribution in [-0.2, 0) is 4.74 Å². The summed E-state index contributed by atoms with van der Waals surface area (Å²) in [4.78, 5) is 4.09. The molecule has 4 nitrogen and oxygen atoms in total. The van der Waals surface area contributed by atoms with Crippen molar-refractivity contribution in [3.63, 3.8) is 0 Å². The van der Waals surface area contributed by atoms with E-state index >= 15 is 0 Å². The molecule has 0 unspecified atom stereocenters. The predicted octanol–water partition coefficient (Wildman–Crippen LogP) is 1.47. The highest BCUT2D eigenvalue weighted by Gasteiger charge is 2.14. The summed E-state index contributed by atoms with van der Waals surface area (Å²) in [6.07, 6.45) is 3.80. The molecule has 82 valence electrons. The molecule has 0 atom stereocenters. The smallest absolute Gasteiger partial charge is 0.215 e. The van der Waals surface area contributed by atoms with Gasteiger partial charge >= 0.3 is 0 Å². The lowest BCUT2D eigenvalue weighted by Crippen LogP contribution is -2.21. The number of nitrogens with two attached hydrogens (primary N) is 1. The Balaban J connectivity index is 1.81. The van der Waals surface area contributed by atoms with Crippen LogP contribution in [0.25, 0.3) is 0 Å². The first-order valence-electron chi connectivity index (χ1n) is 5.26. The van der Waals surface area contributed by atoms with Gasteiger partial charge in [-0.2, -0.15) is 0 Å². The lowest BCUT2D eigenvalue weighted by atomic mass is 10.0. The first kappa shape index (κ1) is 10.2. The summed E-state index contributed by atoms with van der Waals surface area (Å²) in [6.45, 7) is 2.40. The van der Waals surface area contributed by atoms with Crippen molar-refractivity contribution in [3.8, 4) is 5.88 Å². The molecular formula is C11H16N2O2. The molecule has 1 aliphatic rings. The third-order valence-corrected chi connectivity index (χ3v) is 2.57. The molecule has 2 N–H and O–H groups in total. The van der Waals surface area contributed by atoms with E-state index in [1.54, 1.807) is 18.3 Å². The van der Waals surface area contributed by atoms with Crippen molar-refractivity contribution in [1.82, 2.24) is 4.98 Å². The van der Waals surface area contributed by atoms with E-state index < -0.39 is 0 Å². The van der Waals surface area contributed by atoms with Crippen LogP contribution in [0.3, 0.4) is 0 Å². The molecule has 15 heavy (non-hydrogen) atoms. The number of nitrogen functional groups attached to an aromatic ring is 1. The molecule has 1 aromatic heterocycles. The Kier molecular flexibility index (Phi) is 3.40. The van der Waals surface area contributed by atoms with Crippen LogP contribution in [0.5, 0.6) is 5.88 Å². The van der Waals surface area contributed by atoms with Crippen molar-refractivity contribution in [1.29, 1.82) is 0 Å². The van der Waals surface area contributed by atoms with Crippen LogP contribution in [0.15, 0.2) is 18.3 Å². The second-order valence-electron chi connectivity index (χ2n) is 3.79. The van der Waals surface area contributed by atoms with Gasteiger partial charge in [0.2, 0.25) is 5.88 Å². The van der Waals surface area contributed by atoms with E-state index in [-0.39, 0.29) is 0 Å². The van der Waals surface area contributed by atoms with Crippen LogP contribution >= 0.6 is 0 Å². The van der Waals surface area contributed by atoms with Gasteiger partial charge in [0.15, 0.2) is 0 Å². The van der Waals surface area contributed by atoms with Crippen molar-refractivity contribution >= 4 is 5.69 Å². The first-order valence-corrected chi connectivity index (χ1v) is 5.26. The average molecular weight is 208 g/mol. The van der Waals surface area contributed by atoms with Gasteiger partial charge in [-0.25, -0.2) is 4.98 Å². The zero-order chi connectivity index (χ0) is 10.5. The molecule has 1 aromatic rings. The number of ether oxygens (including phenoxy) is 2. The maximum absolute atomic E-state index is 5.63. The summed E-state index contributed by atoms with van der Waals surface area (Å²) in [5.41, 5.74) is 6.31. The number of anilines is 1. The molecule has 0 bridgehead atoms. The topological polar surface area (TPSA) is 57.4 Å². The SMILES string of the molecule is Nc1ccnc(OCC2CCOCC2)c1. The summed E-state index contributed by atoms with van der Waals surface area (Å²) in [5, 5.41) is 0. The number of pyridine rings is 1. The highest BCUT2D eigenvalue weighted by molar-refractivity contribution is 5.39. The van der Waals surface area contributed by atoms with E-state index in [0.29, 0.717) is 24.1 Å². The van der Waals surface area contributed by atoms with E-state index in [4.69, 9.17) is 15.2 Å². The monoisotopic (exact) mass is 208 g/mol. The van der Waals surface area contributed by atoms with Crippen LogP contribution in [0.1, 0.15) is 12.8 Å². The standard InChI is InChI=1S/C11H16N2O2/c12-10-1-4-13-11(7-10)15-8-9-2-5-14-6-3-9/h1,4,7,9H,2-3,5-6,8H2,(H2,12,13).